The Kier molecular flexibility index (Phi) is 32.6. The quantitative estimate of drug-likeness (QED) is 0.0112. The number of aliphatic imine (C=N–C) groups is 1. The number of aliphatic carboxylic acids is 1. The smallest absolute Gasteiger partial charge is 0.415 e. The first-order valence-corrected chi connectivity index (χ1v) is 39.1. The van der Waals surface area contributed by atoms with Crippen molar-refractivity contribution in [3.8, 4) is 17.1 Å². The monoisotopic (exact) mass is 1590 g/mol. The van der Waals surface area contributed by atoms with E-state index in [1.165, 1.54) is 23.8 Å². The maximum atomic E-state index is 14.7. The number of esters is 2. The number of aromatic nitrogens is 2. The molecule has 7 heterocycles. The number of aryl methyl sites for hydroxylation is 1. The van der Waals surface area contributed by atoms with Crippen LogP contribution in [0.5, 0.6) is 5.75 Å². The molecule has 0 spiro atoms. The number of rotatable bonds is 36. The summed E-state index contributed by atoms with van der Waals surface area (Å²) in [7, 11) is 0. The van der Waals surface area contributed by atoms with Crippen molar-refractivity contribution in [3.05, 3.63) is 92.8 Å². The zero-order chi connectivity index (χ0) is 81.8. The second-order valence-electron chi connectivity index (χ2n) is 28.6. The molecule has 2 aromatic carbocycles. The van der Waals surface area contributed by atoms with Crippen molar-refractivity contribution in [3.63, 3.8) is 0 Å². The van der Waals surface area contributed by atoms with Gasteiger partial charge in [0.1, 0.15) is 50.2 Å². The molecule has 0 bridgehead atoms. The number of benzene rings is 2. The average molecular weight is 1590 g/mol. The van der Waals surface area contributed by atoms with E-state index in [4.69, 9.17) is 44.9 Å². The standard InChI is InChI=1S/C78H105N15O21/c1-4-51-52-38-50(113-77(108)92-31-24-49(25-32-92)91-29-13-8-14-30-91)20-21-56(52)88-69-53(51)43-93-61(69)39-55-54(74(93)106)44-112-75(107)78(55,5-2)114-68(101)42-85-71(103)57(18-11-12-26-81-65(97)45-111-35-34-109-6-3)86-66(98)46-110-33-28-82-63(95)23-22-59-73(105)90-58(19-15-27-83-76(79)80)72(104)84-41-64(96)87-60(40-67(99)100)62(94)37-48(70(102)89-59)36-47-16-9-7-10-17-47/h7,9-10,16-17,20-21,38-39,48-49,57-60H,4-6,8,11-15,18-19,22-37,40-46H2,1-3H3,(H,81,97)(H,82,95)(H,84,104)(H,85,103)(H,86,98)(H,87,96)(H,89,102)(H,90,105)(H,99,100)(H4,79,80,83)/t48-,57-,58-,59-,60-,78-/m0/s1. The largest absolute Gasteiger partial charge is 0.481 e. The van der Waals surface area contributed by atoms with Crippen LogP contribution in [-0.4, -0.2) is 236 Å². The molecular weight excluding hydrogens is 1480 g/mol. The number of guanidine groups is 1. The maximum absolute atomic E-state index is 14.7. The lowest BCUT2D eigenvalue weighted by Crippen LogP contribution is -2.55. The SMILES string of the molecule is CCOCCOCC(=O)NCCCC[C@H](NC(=O)COCCNC(=O)CC[C@@H]1NC(=O)[C@@H](Cc2ccccc2)CC(=O)[C@H](CC(=O)O)NC(=O)CNC(=O)[C@H](CCCN=C(N)N)NC1=O)C(=O)NCC(=O)O[C@]1(CC)C(=O)OCc2c1cc1n(c2=O)Cc2c-1nc1ccc(OC(=O)N3CCC(N4CCCCC4)CC3)cc1c2CC. The Labute approximate surface area is 658 Å². The number of carboxylic acids is 1. The summed E-state index contributed by atoms with van der Waals surface area (Å²) >= 11 is 0. The van der Waals surface area contributed by atoms with Crippen LogP contribution in [0.2, 0.25) is 0 Å². The molecule has 618 valence electrons. The van der Waals surface area contributed by atoms with Crippen LogP contribution in [0.15, 0.2) is 64.4 Å². The molecule has 13 N–H and O–H groups in total. The van der Waals surface area contributed by atoms with E-state index < -0.39 is 164 Å². The van der Waals surface area contributed by atoms with Crippen LogP contribution >= 0.6 is 0 Å². The molecule has 0 aliphatic carbocycles. The highest BCUT2D eigenvalue weighted by molar-refractivity contribution is 5.99. The fourth-order valence-corrected chi connectivity index (χ4v) is 14.7. The minimum atomic E-state index is -2.16. The maximum Gasteiger partial charge on any atom is 0.415 e. The Balaban J connectivity index is 0.826. The lowest BCUT2D eigenvalue weighted by atomic mass is 9.85. The summed E-state index contributed by atoms with van der Waals surface area (Å²) in [5.74, 6) is -11.7. The lowest BCUT2D eigenvalue weighted by molar-refractivity contribution is -0.189. The Morgan fingerprint density at radius 3 is 2.20 bits per heavy atom. The fourth-order valence-electron chi connectivity index (χ4n) is 14.7. The Bertz CT molecular complexity index is 4230. The van der Waals surface area contributed by atoms with E-state index in [9.17, 15) is 72.2 Å². The van der Waals surface area contributed by atoms with Gasteiger partial charge in [0.05, 0.1) is 67.8 Å². The van der Waals surface area contributed by atoms with Gasteiger partial charge in [0.2, 0.25) is 52.9 Å². The van der Waals surface area contributed by atoms with Crippen molar-refractivity contribution in [1.29, 1.82) is 0 Å². The van der Waals surface area contributed by atoms with Crippen LogP contribution in [0.4, 0.5) is 4.79 Å². The highest BCUT2D eigenvalue weighted by atomic mass is 16.6. The van der Waals surface area contributed by atoms with Gasteiger partial charge in [-0.2, -0.15) is 0 Å². The molecule has 6 atom stereocenters. The van der Waals surface area contributed by atoms with E-state index >= 15 is 0 Å². The van der Waals surface area contributed by atoms with Gasteiger partial charge < -0.3 is 102 Å². The summed E-state index contributed by atoms with van der Waals surface area (Å²) in [6.45, 7) is 6.71. The molecule has 9 rings (SSSR count). The molecule has 0 unspecified atom stereocenters. The second kappa shape index (κ2) is 42.8. The van der Waals surface area contributed by atoms with Gasteiger partial charge in [0.25, 0.3) is 5.56 Å². The van der Waals surface area contributed by atoms with Crippen molar-refractivity contribution in [2.45, 2.75) is 179 Å². The number of amides is 9. The van der Waals surface area contributed by atoms with E-state index in [0.29, 0.717) is 73.4 Å². The zero-order valence-electron chi connectivity index (χ0n) is 64.7. The first-order chi connectivity index (χ1) is 54.9. The number of nitrogens with two attached hydrogens (primary N) is 2. The average Bonchev–Trinajstić information content (AvgIpc) is 1.47. The van der Waals surface area contributed by atoms with Crippen molar-refractivity contribution < 1.29 is 95.9 Å². The van der Waals surface area contributed by atoms with Crippen LogP contribution in [0, 0.1) is 5.92 Å². The third-order valence-electron chi connectivity index (χ3n) is 20.7. The van der Waals surface area contributed by atoms with E-state index in [-0.39, 0.29) is 108 Å². The number of unbranched alkanes of at least 4 members (excludes halogenated alkanes) is 1. The van der Waals surface area contributed by atoms with Gasteiger partial charge in [0.15, 0.2) is 11.7 Å². The predicted molar refractivity (Wildman–Crippen MR) is 410 cm³/mol. The fraction of sp³-hybridized carbons (Fsp3) is 0.564. The molecule has 5 aliphatic rings. The van der Waals surface area contributed by atoms with Crippen molar-refractivity contribution in [2.75, 3.05) is 98.5 Å². The number of piperidine rings is 2. The van der Waals surface area contributed by atoms with Crippen LogP contribution in [0.1, 0.15) is 145 Å². The number of carboxylic acid groups (broad SMARTS) is 1. The van der Waals surface area contributed by atoms with Gasteiger partial charge in [-0.1, -0.05) is 50.6 Å². The summed E-state index contributed by atoms with van der Waals surface area (Å²) in [5, 5.41) is 30.8. The number of likely N-dealkylation sites (tertiary alicyclic amines) is 2. The summed E-state index contributed by atoms with van der Waals surface area (Å²) in [5.41, 5.74) is 12.0. The minimum absolute atomic E-state index is 0.0283. The molecule has 0 saturated carbocycles. The van der Waals surface area contributed by atoms with E-state index in [1.807, 2.05) is 13.8 Å². The molecule has 2 aromatic heterocycles. The zero-order valence-corrected chi connectivity index (χ0v) is 64.7. The number of nitrogens with zero attached hydrogens (tertiary/aromatic N) is 5. The highest BCUT2D eigenvalue weighted by Gasteiger charge is 2.51. The van der Waals surface area contributed by atoms with Gasteiger partial charge in [0, 0.05) is 80.6 Å². The van der Waals surface area contributed by atoms with E-state index in [2.05, 4.69) is 52.4 Å². The number of nitrogens with one attached hydrogen (secondary N) is 8. The van der Waals surface area contributed by atoms with Gasteiger partial charge in [-0.15, -0.1) is 0 Å². The number of carbonyl (C=O) groups is 13. The molecule has 5 aliphatic heterocycles. The van der Waals surface area contributed by atoms with E-state index in [1.54, 1.807) is 66.4 Å². The van der Waals surface area contributed by atoms with Crippen LogP contribution < -0.4 is 64.3 Å². The van der Waals surface area contributed by atoms with Crippen LogP contribution in [-0.2, 0) is 113 Å². The normalized spacial score (nSPS) is 19.8. The molecule has 3 saturated heterocycles. The molecule has 114 heavy (non-hydrogen) atoms. The van der Waals surface area contributed by atoms with Crippen LogP contribution in [0.3, 0.4) is 0 Å². The van der Waals surface area contributed by atoms with Crippen LogP contribution in [0.25, 0.3) is 22.3 Å². The summed E-state index contributed by atoms with van der Waals surface area (Å²) < 4.78 is 35.3. The first-order valence-electron chi connectivity index (χ1n) is 39.1. The van der Waals surface area contributed by atoms with Gasteiger partial charge in [-0.3, -0.25) is 62.5 Å². The Morgan fingerprint density at radius 1 is 0.754 bits per heavy atom. The third kappa shape index (κ3) is 24.3. The Morgan fingerprint density at radius 2 is 1.47 bits per heavy atom. The third-order valence-corrected chi connectivity index (χ3v) is 20.7. The number of ether oxygens (including phenoxy) is 6. The molecule has 4 aromatic rings. The molecule has 0 radical (unpaired) electrons. The van der Waals surface area contributed by atoms with Crippen molar-refractivity contribution in [2.24, 2.45) is 22.4 Å². The number of pyridine rings is 2. The number of hydrogen-bond acceptors (Lipinski definition) is 23. The highest BCUT2D eigenvalue weighted by Crippen LogP contribution is 2.43. The van der Waals surface area contributed by atoms with E-state index in [0.717, 1.165) is 42.4 Å². The summed E-state index contributed by atoms with van der Waals surface area (Å²) in [6.07, 6.45) is 3.56. The number of cyclic esters (lactones) is 1. The molecule has 3 fully saturated rings. The molecule has 36 nitrogen and oxygen atoms in total. The lowest BCUT2D eigenvalue weighted by Gasteiger charge is -2.39. The van der Waals surface area contributed by atoms with Gasteiger partial charge in [-0.05, 0) is 139 Å². The predicted octanol–water partition coefficient (Wildman–Crippen LogP) is 0.426. The number of fused-ring (bicyclic) bond motifs is 5. The number of hydrogen-bond donors (Lipinski definition) is 11. The number of Topliss-reactive ketones (excluding diaryl/α,β-unsaturated/α-hetero) is 1. The summed E-state index contributed by atoms with van der Waals surface area (Å²) in [4.78, 5) is 204. The second-order valence-corrected chi connectivity index (χ2v) is 28.6. The van der Waals surface area contributed by atoms with Gasteiger partial charge >= 0.3 is 24.0 Å². The molecule has 36 heteroatoms. The Hall–Kier alpha value is -11.0. The van der Waals surface area contributed by atoms with Crippen molar-refractivity contribution >= 4 is 93.9 Å². The first kappa shape index (κ1) is 87.0. The topological polar surface area (TPSA) is 500 Å². The number of carbonyl (C=O) groups excluding carboxylic acids is 12. The van der Waals surface area contributed by atoms with Crippen molar-refractivity contribution in [1.82, 2.24) is 61.9 Å². The molecule has 9 amide bonds. The summed E-state index contributed by atoms with van der Waals surface area (Å²) in [6, 6.07) is 9.95. The van der Waals surface area contributed by atoms with Gasteiger partial charge in [-0.25, -0.2) is 14.6 Å². The number of ketones is 1. The minimum Gasteiger partial charge on any atom is -0.481 e. The molecular formula is C78H105N15O21.